The van der Waals surface area contributed by atoms with Gasteiger partial charge in [-0.05, 0) is 23.0 Å². The highest BCUT2D eigenvalue weighted by molar-refractivity contribution is 9.09. The van der Waals surface area contributed by atoms with Crippen molar-refractivity contribution in [1.29, 1.82) is 0 Å². The highest BCUT2D eigenvalue weighted by Gasteiger charge is 2.11. The van der Waals surface area contributed by atoms with E-state index < -0.39 is 0 Å². The molecule has 0 amide bonds. The lowest BCUT2D eigenvalue weighted by Gasteiger charge is -2.07. The molecule has 2 nitrogen and oxygen atoms in total. The van der Waals surface area contributed by atoms with E-state index >= 15 is 0 Å². The maximum atomic E-state index is 3.98. The molecule has 1 radical (unpaired) electrons. The summed E-state index contributed by atoms with van der Waals surface area (Å²) in [6.45, 7) is 1.92. The number of nitrogens with zero attached hydrogens (tertiary/aromatic N) is 2. The Morgan fingerprint density at radius 2 is 2.57 bits per heavy atom. The summed E-state index contributed by atoms with van der Waals surface area (Å²) in [5.74, 6) is 0. The largest absolute Gasteiger partial charge is 0.266 e. The maximum absolute atomic E-state index is 3.98. The van der Waals surface area contributed by atoms with Crippen molar-refractivity contribution in [2.45, 2.75) is 5.08 Å². The summed E-state index contributed by atoms with van der Waals surface area (Å²) in [6.07, 6.45) is 1.78. The van der Waals surface area contributed by atoms with Crippen molar-refractivity contribution in [1.82, 2.24) is 4.90 Å². The van der Waals surface area contributed by atoms with E-state index in [0.717, 1.165) is 0 Å². The molecule has 39 valence electrons. The highest BCUT2D eigenvalue weighted by Crippen LogP contribution is 2.11. The molecule has 0 bridgehead atoms. The Bertz CT molecular complexity index is 91.7. The summed E-state index contributed by atoms with van der Waals surface area (Å²) in [5.41, 5.74) is 0. The van der Waals surface area contributed by atoms with Crippen LogP contribution in [-0.4, -0.2) is 23.2 Å². The first-order valence-electron chi connectivity index (χ1n) is 2.03. The van der Waals surface area contributed by atoms with Crippen LogP contribution >= 0.6 is 15.9 Å². The number of halogens is 1. The number of hydrogen-bond donors (Lipinski definition) is 0. The molecule has 0 spiro atoms. The third kappa shape index (κ3) is 1.01. The fourth-order valence-corrected chi connectivity index (χ4v) is 0.664. The standard InChI is InChI=1S/C4H6BrN2/c1-7-3-2-6-4(7)5/h2-4H,1H3. The minimum Gasteiger partial charge on any atom is -0.266 e. The molecule has 0 saturated carbocycles. The average molecular weight is 162 g/mol. The molecule has 0 N–H and O–H groups in total. The summed E-state index contributed by atoms with van der Waals surface area (Å²) >= 11 is 3.30. The van der Waals surface area contributed by atoms with Crippen LogP contribution in [0.1, 0.15) is 0 Å². The lowest BCUT2D eigenvalue weighted by Crippen LogP contribution is -2.15. The third-order valence-electron chi connectivity index (χ3n) is 0.847. The number of rotatable bonds is 0. The van der Waals surface area contributed by atoms with E-state index in [1.54, 1.807) is 6.21 Å². The van der Waals surface area contributed by atoms with Gasteiger partial charge in [0.05, 0.1) is 6.54 Å². The van der Waals surface area contributed by atoms with E-state index in [-0.39, 0.29) is 5.08 Å². The second kappa shape index (κ2) is 1.92. The lowest BCUT2D eigenvalue weighted by molar-refractivity contribution is 0.444. The molecular formula is C4H6BrN2. The Morgan fingerprint density at radius 1 is 1.86 bits per heavy atom. The van der Waals surface area contributed by atoms with Gasteiger partial charge in [-0.2, -0.15) is 0 Å². The van der Waals surface area contributed by atoms with E-state index in [4.69, 9.17) is 0 Å². The molecule has 0 fully saturated rings. The van der Waals surface area contributed by atoms with Gasteiger partial charge in [0.25, 0.3) is 0 Å². The zero-order chi connectivity index (χ0) is 5.28. The molecule has 0 aromatic heterocycles. The van der Waals surface area contributed by atoms with Gasteiger partial charge in [-0.1, -0.05) is 0 Å². The van der Waals surface area contributed by atoms with Crippen LogP contribution in [0.2, 0.25) is 0 Å². The maximum Gasteiger partial charge on any atom is 0.158 e. The Labute approximate surface area is 51.4 Å². The lowest BCUT2D eigenvalue weighted by atomic mass is 10.7. The van der Waals surface area contributed by atoms with Crippen LogP contribution in [0.25, 0.3) is 0 Å². The summed E-state index contributed by atoms with van der Waals surface area (Å²) in [7, 11) is 1.96. The predicted octanol–water partition coefficient (Wildman–Crippen LogP) is 0.843. The molecule has 1 heterocycles. The van der Waals surface area contributed by atoms with Crippen LogP contribution in [0.3, 0.4) is 0 Å². The van der Waals surface area contributed by atoms with Crippen molar-refractivity contribution in [3.8, 4) is 0 Å². The van der Waals surface area contributed by atoms with Gasteiger partial charge in [0.15, 0.2) is 5.08 Å². The average Bonchev–Trinajstić information content (AvgIpc) is 1.91. The van der Waals surface area contributed by atoms with Crippen molar-refractivity contribution in [2.75, 3.05) is 7.05 Å². The molecular weight excluding hydrogens is 156 g/mol. The zero-order valence-electron chi connectivity index (χ0n) is 4.00. The minimum absolute atomic E-state index is 0.174. The van der Waals surface area contributed by atoms with Crippen molar-refractivity contribution in [3.05, 3.63) is 6.54 Å². The second-order valence-corrected chi connectivity index (χ2v) is 2.24. The van der Waals surface area contributed by atoms with E-state index in [1.807, 2.05) is 18.5 Å². The third-order valence-corrected chi connectivity index (χ3v) is 1.73. The molecule has 0 aromatic carbocycles. The van der Waals surface area contributed by atoms with E-state index in [9.17, 15) is 0 Å². The second-order valence-electron chi connectivity index (χ2n) is 1.42. The van der Waals surface area contributed by atoms with Crippen LogP contribution in [0.15, 0.2) is 4.99 Å². The van der Waals surface area contributed by atoms with Crippen LogP contribution in [0.4, 0.5) is 0 Å². The van der Waals surface area contributed by atoms with Crippen LogP contribution in [-0.2, 0) is 0 Å². The summed E-state index contributed by atoms with van der Waals surface area (Å²) in [6, 6.07) is 0. The van der Waals surface area contributed by atoms with Gasteiger partial charge in [-0.3, -0.25) is 9.89 Å². The highest BCUT2D eigenvalue weighted by atomic mass is 79.9. The van der Waals surface area contributed by atoms with Crippen molar-refractivity contribution >= 4 is 22.1 Å². The molecule has 1 atom stereocenters. The minimum atomic E-state index is 0.174. The Balaban J connectivity index is 2.45. The summed E-state index contributed by atoms with van der Waals surface area (Å²) in [4.78, 5) is 5.95. The number of alkyl halides is 1. The van der Waals surface area contributed by atoms with Gasteiger partial charge >= 0.3 is 0 Å². The van der Waals surface area contributed by atoms with E-state index in [0.29, 0.717) is 0 Å². The Kier molecular flexibility index (Phi) is 1.44. The van der Waals surface area contributed by atoms with Crippen LogP contribution in [0.5, 0.6) is 0 Å². The van der Waals surface area contributed by atoms with Gasteiger partial charge < -0.3 is 0 Å². The normalized spacial score (nSPS) is 32.0. The zero-order valence-corrected chi connectivity index (χ0v) is 5.59. The number of aliphatic imine (C=N–C) groups is 1. The molecule has 1 unspecified atom stereocenters. The van der Waals surface area contributed by atoms with Gasteiger partial charge in [0, 0.05) is 6.21 Å². The van der Waals surface area contributed by atoms with Gasteiger partial charge in [0.1, 0.15) is 0 Å². The Morgan fingerprint density at radius 3 is 2.71 bits per heavy atom. The fourth-order valence-electron chi connectivity index (χ4n) is 0.391. The first kappa shape index (κ1) is 5.25. The molecule has 1 rings (SSSR count). The molecule has 3 heteroatoms. The molecule has 7 heavy (non-hydrogen) atoms. The first-order chi connectivity index (χ1) is 3.30. The van der Waals surface area contributed by atoms with Gasteiger partial charge in [-0.25, -0.2) is 0 Å². The fraction of sp³-hybridized carbons (Fsp3) is 0.500. The van der Waals surface area contributed by atoms with E-state index in [2.05, 4.69) is 20.9 Å². The molecule has 1 aliphatic rings. The van der Waals surface area contributed by atoms with Gasteiger partial charge in [0.2, 0.25) is 0 Å². The molecule has 0 aliphatic carbocycles. The SMILES string of the molecule is CN1[CH]C=NC1Br. The van der Waals surface area contributed by atoms with Gasteiger partial charge in [-0.15, -0.1) is 0 Å². The number of hydrogen-bond acceptors (Lipinski definition) is 2. The molecule has 0 saturated heterocycles. The smallest absolute Gasteiger partial charge is 0.158 e. The quantitative estimate of drug-likeness (QED) is 0.380. The van der Waals surface area contributed by atoms with Crippen molar-refractivity contribution in [3.63, 3.8) is 0 Å². The monoisotopic (exact) mass is 161 g/mol. The predicted molar refractivity (Wildman–Crippen MR) is 33.3 cm³/mol. The van der Waals surface area contributed by atoms with Crippen molar-refractivity contribution < 1.29 is 0 Å². The topological polar surface area (TPSA) is 15.6 Å². The van der Waals surface area contributed by atoms with E-state index in [1.165, 1.54) is 0 Å². The summed E-state index contributed by atoms with van der Waals surface area (Å²) in [5, 5.41) is 0.174. The molecule has 0 aromatic rings. The van der Waals surface area contributed by atoms with Crippen molar-refractivity contribution in [2.24, 2.45) is 4.99 Å². The van der Waals surface area contributed by atoms with Crippen LogP contribution < -0.4 is 0 Å². The van der Waals surface area contributed by atoms with Crippen LogP contribution in [0, 0.1) is 6.54 Å². The summed E-state index contributed by atoms with van der Waals surface area (Å²) < 4.78 is 0. The first-order valence-corrected chi connectivity index (χ1v) is 2.95. The Hall–Kier alpha value is 0.110. The molecule has 1 aliphatic heterocycles.